The lowest BCUT2D eigenvalue weighted by molar-refractivity contribution is 0.682. The fourth-order valence-corrected chi connectivity index (χ4v) is 2.13. The molecule has 1 unspecified atom stereocenters. The van der Waals surface area contributed by atoms with Crippen molar-refractivity contribution >= 4 is 40.7 Å². The maximum atomic E-state index is 11.8. The Labute approximate surface area is 127 Å². The summed E-state index contributed by atoms with van der Waals surface area (Å²) in [7, 11) is -1.02. The van der Waals surface area contributed by atoms with Gasteiger partial charge in [0.15, 0.2) is 5.96 Å². The lowest BCUT2D eigenvalue weighted by Crippen LogP contribution is -2.32. The van der Waals surface area contributed by atoms with Crippen LogP contribution in [-0.4, -0.2) is 29.0 Å². The lowest BCUT2D eigenvalue weighted by Gasteiger charge is -2.02. The molecule has 0 amide bonds. The zero-order valence-corrected chi connectivity index (χ0v) is 13.2. The fourth-order valence-electron chi connectivity index (χ4n) is 1.17. The van der Waals surface area contributed by atoms with E-state index in [1.807, 2.05) is 30.3 Å². The van der Waals surface area contributed by atoms with Crippen molar-refractivity contribution in [3.8, 4) is 0 Å². The van der Waals surface area contributed by atoms with Crippen LogP contribution in [0.25, 0.3) is 0 Å². The van der Waals surface area contributed by atoms with E-state index < -0.39 is 10.8 Å². The number of benzene rings is 1. The second-order valence-corrected chi connectivity index (χ2v) is 4.87. The van der Waals surface area contributed by atoms with Crippen molar-refractivity contribution in [3.63, 3.8) is 0 Å². The Balaban J connectivity index is 0.00000289. The third-order valence-corrected chi connectivity index (χ3v) is 3.34. The van der Waals surface area contributed by atoms with Gasteiger partial charge in [0.2, 0.25) is 0 Å². The Hall–Kier alpha value is -0.890. The van der Waals surface area contributed by atoms with Crippen molar-refractivity contribution in [1.29, 1.82) is 0 Å². The predicted octanol–water partition coefficient (Wildman–Crippen LogP) is 1.50. The quantitative estimate of drug-likeness (QED) is 0.341. The largest absolute Gasteiger partial charge is 0.370 e. The van der Waals surface area contributed by atoms with Gasteiger partial charge in [0, 0.05) is 17.2 Å². The Bertz CT molecular complexity index is 409. The van der Waals surface area contributed by atoms with Crippen LogP contribution in [0.2, 0.25) is 0 Å². The zero-order valence-electron chi connectivity index (χ0n) is 10.0. The van der Waals surface area contributed by atoms with E-state index in [-0.39, 0.29) is 24.0 Å². The molecule has 1 rings (SSSR count). The monoisotopic (exact) mass is 379 g/mol. The summed E-state index contributed by atoms with van der Waals surface area (Å²) in [6.07, 6.45) is 1.70. The molecule has 0 saturated carbocycles. The van der Waals surface area contributed by atoms with E-state index in [2.05, 4.69) is 16.9 Å². The molecule has 0 bridgehead atoms. The van der Waals surface area contributed by atoms with Crippen molar-refractivity contribution in [1.82, 2.24) is 5.32 Å². The molecule has 4 nitrogen and oxygen atoms in total. The lowest BCUT2D eigenvalue weighted by atomic mass is 10.4. The molecule has 0 heterocycles. The smallest absolute Gasteiger partial charge is 0.188 e. The molecule has 1 atom stereocenters. The topological polar surface area (TPSA) is 67.5 Å². The van der Waals surface area contributed by atoms with Crippen molar-refractivity contribution in [2.75, 3.05) is 18.8 Å². The summed E-state index contributed by atoms with van der Waals surface area (Å²) in [4.78, 5) is 4.89. The summed E-state index contributed by atoms with van der Waals surface area (Å²) in [5.74, 6) is 0.829. The molecule has 0 radical (unpaired) electrons. The van der Waals surface area contributed by atoms with Crippen LogP contribution in [0.3, 0.4) is 0 Å². The molecule has 0 saturated heterocycles. The van der Waals surface area contributed by atoms with Crippen molar-refractivity contribution in [2.45, 2.75) is 4.90 Å². The summed E-state index contributed by atoms with van der Waals surface area (Å²) in [6.45, 7) is 4.58. The molecule has 0 spiro atoms. The Kier molecular flexibility index (Phi) is 9.57. The van der Waals surface area contributed by atoms with Gasteiger partial charge in [0.05, 0.1) is 17.3 Å². The first kappa shape index (κ1) is 17.1. The number of rotatable bonds is 6. The second kappa shape index (κ2) is 10.1. The third kappa shape index (κ3) is 6.75. The number of nitrogens with one attached hydrogen (secondary N) is 1. The number of nitrogens with zero attached hydrogens (tertiary/aromatic N) is 1. The molecule has 6 heteroatoms. The van der Waals surface area contributed by atoms with Gasteiger partial charge in [-0.3, -0.25) is 9.20 Å². The number of hydrogen-bond donors (Lipinski definition) is 2. The number of aliphatic imine (C=N–C) groups is 1. The summed E-state index contributed by atoms with van der Waals surface area (Å²) >= 11 is 0. The normalized spacial score (nSPS) is 12.3. The molecular weight excluding hydrogens is 361 g/mol. The summed E-state index contributed by atoms with van der Waals surface area (Å²) in [6, 6.07) is 9.33. The SMILES string of the molecule is C=CCNC(N)=NCCS(=O)c1ccccc1.I. The van der Waals surface area contributed by atoms with Crippen LogP contribution < -0.4 is 11.1 Å². The predicted molar refractivity (Wildman–Crippen MR) is 87.8 cm³/mol. The Morgan fingerprint density at radius 3 is 2.72 bits per heavy atom. The first-order chi connectivity index (χ1) is 8.24. The molecule has 100 valence electrons. The highest BCUT2D eigenvalue weighted by Crippen LogP contribution is 2.04. The van der Waals surface area contributed by atoms with Crippen LogP contribution in [0.15, 0.2) is 52.9 Å². The summed E-state index contributed by atoms with van der Waals surface area (Å²) in [5.41, 5.74) is 5.58. The minimum Gasteiger partial charge on any atom is -0.370 e. The van der Waals surface area contributed by atoms with Crippen LogP contribution in [-0.2, 0) is 10.8 Å². The molecule has 0 aromatic heterocycles. The van der Waals surface area contributed by atoms with Crippen LogP contribution >= 0.6 is 24.0 Å². The van der Waals surface area contributed by atoms with Crippen molar-refractivity contribution < 1.29 is 4.21 Å². The van der Waals surface area contributed by atoms with Crippen molar-refractivity contribution in [3.05, 3.63) is 43.0 Å². The Morgan fingerprint density at radius 1 is 1.44 bits per heavy atom. The molecular formula is C12H18IN3OS. The van der Waals surface area contributed by atoms with E-state index in [1.54, 1.807) is 6.08 Å². The van der Waals surface area contributed by atoms with E-state index >= 15 is 0 Å². The number of halogens is 1. The maximum absolute atomic E-state index is 11.8. The number of guanidine groups is 1. The van der Waals surface area contributed by atoms with E-state index in [1.165, 1.54) is 0 Å². The van der Waals surface area contributed by atoms with E-state index in [4.69, 9.17) is 5.73 Å². The van der Waals surface area contributed by atoms with Gasteiger partial charge in [-0.25, -0.2) is 0 Å². The maximum Gasteiger partial charge on any atom is 0.188 e. The highest BCUT2D eigenvalue weighted by molar-refractivity contribution is 14.0. The second-order valence-electron chi connectivity index (χ2n) is 3.30. The van der Waals surface area contributed by atoms with Gasteiger partial charge < -0.3 is 11.1 Å². The van der Waals surface area contributed by atoms with Crippen LogP contribution in [0.5, 0.6) is 0 Å². The van der Waals surface area contributed by atoms with Gasteiger partial charge >= 0.3 is 0 Å². The first-order valence-electron chi connectivity index (χ1n) is 5.32. The van der Waals surface area contributed by atoms with E-state index in [0.717, 1.165) is 4.90 Å². The van der Waals surface area contributed by atoms with E-state index in [0.29, 0.717) is 24.8 Å². The summed E-state index contributed by atoms with van der Waals surface area (Å²) in [5, 5.41) is 2.86. The molecule has 0 aliphatic rings. The minimum atomic E-state index is -1.02. The number of nitrogens with two attached hydrogens (primary N) is 1. The highest BCUT2D eigenvalue weighted by atomic mass is 127. The molecule has 0 aliphatic heterocycles. The average Bonchev–Trinajstić information content (AvgIpc) is 2.37. The van der Waals surface area contributed by atoms with Crippen molar-refractivity contribution in [2.24, 2.45) is 10.7 Å². The third-order valence-electron chi connectivity index (χ3n) is 1.99. The van der Waals surface area contributed by atoms with E-state index in [9.17, 15) is 4.21 Å². The molecule has 18 heavy (non-hydrogen) atoms. The molecule has 1 aromatic rings. The van der Waals surface area contributed by atoms with Gasteiger partial charge in [-0.15, -0.1) is 30.6 Å². The van der Waals surface area contributed by atoms with Gasteiger partial charge in [-0.05, 0) is 12.1 Å². The van der Waals surface area contributed by atoms with Crippen LogP contribution in [0, 0.1) is 0 Å². The molecule has 1 aromatic carbocycles. The Morgan fingerprint density at radius 2 is 2.11 bits per heavy atom. The number of hydrogen-bond acceptors (Lipinski definition) is 2. The summed E-state index contributed by atoms with van der Waals surface area (Å²) < 4.78 is 11.8. The van der Waals surface area contributed by atoms with Gasteiger partial charge in [-0.1, -0.05) is 24.3 Å². The first-order valence-corrected chi connectivity index (χ1v) is 6.64. The average molecular weight is 379 g/mol. The van der Waals surface area contributed by atoms with Gasteiger partial charge in [0.25, 0.3) is 0 Å². The minimum absolute atomic E-state index is 0. The van der Waals surface area contributed by atoms with Crippen LogP contribution in [0.1, 0.15) is 0 Å². The molecule has 3 N–H and O–H groups in total. The standard InChI is InChI=1S/C12H17N3OS.HI/c1-2-8-14-12(13)15-9-10-17(16)11-6-4-3-5-7-11;/h2-7H,1,8-10H2,(H3,13,14,15);1H. The molecule has 0 fully saturated rings. The van der Waals surface area contributed by atoms with Crippen LogP contribution in [0.4, 0.5) is 0 Å². The molecule has 0 aliphatic carbocycles. The zero-order chi connectivity index (χ0) is 12.5. The highest BCUT2D eigenvalue weighted by Gasteiger charge is 2.01. The fraction of sp³-hybridized carbons (Fsp3) is 0.250. The van der Waals surface area contributed by atoms with Gasteiger partial charge in [-0.2, -0.15) is 0 Å². The van der Waals surface area contributed by atoms with Gasteiger partial charge in [0.1, 0.15) is 0 Å².